The maximum atomic E-state index is 13.1. The van der Waals surface area contributed by atoms with Crippen LogP contribution in [0.3, 0.4) is 0 Å². The monoisotopic (exact) mass is 569 g/mol. The molecule has 1 aliphatic rings. The van der Waals surface area contributed by atoms with Gasteiger partial charge in [0, 0.05) is 5.54 Å². The molecular weight excluding hydrogens is 530 g/mol. The molecule has 0 bridgehead atoms. The molecule has 0 heterocycles. The molecule has 1 aromatic rings. The molecule has 0 saturated heterocycles. The van der Waals surface area contributed by atoms with Crippen molar-refractivity contribution in [1.29, 1.82) is 0 Å². The maximum absolute atomic E-state index is 13.1. The van der Waals surface area contributed by atoms with Crippen LogP contribution in [0, 0.1) is 15.0 Å². The molecular formula is C26H39N3O11. The maximum Gasteiger partial charge on any atom is 0.332 e. The molecule has 14 heteroatoms. The van der Waals surface area contributed by atoms with Crippen molar-refractivity contribution in [2.75, 3.05) is 52.8 Å². The quantitative estimate of drug-likeness (QED) is 0.0789. The number of hydrogen-bond acceptors (Lipinski definition) is 12. The highest BCUT2D eigenvalue weighted by Crippen LogP contribution is 2.38. The molecule has 1 aliphatic carbocycles. The summed E-state index contributed by atoms with van der Waals surface area (Å²) in [6, 6.07) is 7.77. The lowest BCUT2D eigenvalue weighted by atomic mass is 9.97. The van der Waals surface area contributed by atoms with E-state index in [1.807, 2.05) is 45.0 Å². The van der Waals surface area contributed by atoms with Crippen LogP contribution in [0.4, 0.5) is 0 Å². The van der Waals surface area contributed by atoms with Gasteiger partial charge in [0.2, 0.25) is 5.91 Å². The van der Waals surface area contributed by atoms with Gasteiger partial charge in [0.1, 0.15) is 38.8 Å². The molecule has 0 aliphatic heterocycles. The fraction of sp³-hybridized carbons (Fsp3) is 0.692. The molecule has 224 valence electrons. The first-order chi connectivity index (χ1) is 19.1. The van der Waals surface area contributed by atoms with Crippen LogP contribution < -0.4 is 4.74 Å². The molecule has 1 aromatic carbocycles. The van der Waals surface area contributed by atoms with Gasteiger partial charge in [-0.15, -0.1) is 15.0 Å². The van der Waals surface area contributed by atoms with Crippen LogP contribution in [0.1, 0.15) is 57.9 Å². The van der Waals surface area contributed by atoms with Crippen molar-refractivity contribution in [1.82, 2.24) is 4.90 Å². The van der Waals surface area contributed by atoms with E-state index in [1.165, 1.54) is 4.90 Å². The summed E-state index contributed by atoms with van der Waals surface area (Å²) in [5, 5.41) is 11.6. The van der Waals surface area contributed by atoms with Crippen LogP contribution >= 0.6 is 0 Å². The van der Waals surface area contributed by atoms with Gasteiger partial charge in [-0.1, -0.05) is 31.0 Å². The van der Waals surface area contributed by atoms with Crippen molar-refractivity contribution in [2.45, 2.75) is 64.0 Å². The van der Waals surface area contributed by atoms with Gasteiger partial charge in [-0.3, -0.25) is 4.79 Å². The van der Waals surface area contributed by atoms with E-state index in [9.17, 15) is 24.6 Å². The van der Waals surface area contributed by atoms with Crippen LogP contribution in [0.25, 0.3) is 0 Å². The number of carbonyl (C=O) groups excluding carboxylic acids is 2. The molecule has 1 atom stereocenters. The Morgan fingerprint density at radius 2 is 1.75 bits per heavy atom. The third-order valence-electron chi connectivity index (χ3n) is 6.18. The minimum absolute atomic E-state index is 0.00734. The minimum Gasteiger partial charge on any atom is -0.489 e. The second-order valence-electron chi connectivity index (χ2n) is 10.2. The molecule has 1 unspecified atom stereocenters. The fourth-order valence-corrected chi connectivity index (χ4v) is 4.36. The van der Waals surface area contributed by atoms with Gasteiger partial charge in [-0.2, -0.15) is 0 Å². The van der Waals surface area contributed by atoms with Crippen LogP contribution in [-0.4, -0.2) is 86.3 Å². The Labute approximate surface area is 233 Å². The number of esters is 1. The number of hydrogen-bond donors (Lipinski definition) is 0. The predicted octanol–water partition coefficient (Wildman–Crippen LogP) is 3.20. The molecule has 1 fully saturated rings. The number of benzene rings is 1. The second kappa shape index (κ2) is 17.2. The molecule has 1 saturated carbocycles. The van der Waals surface area contributed by atoms with Crippen molar-refractivity contribution in [3.8, 4) is 5.75 Å². The molecule has 0 radical (unpaired) electrons. The predicted molar refractivity (Wildman–Crippen MR) is 141 cm³/mol. The minimum atomic E-state index is -0.938. The van der Waals surface area contributed by atoms with Gasteiger partial charge in [0.05, 0.1) is 19.8 Å². The van der Waals surface area contributed by atoms with Crippen LogP contribution in [0.15, 0.2) is 29.6 Å². The molecule has 0 N–H and O–H groups in total. The van der Waals surface area contributed by atoms with E-state index in [4.69, 9.17) is 18.9 Å². The topological polar surface area (TPSA) is 165 Å². The van der Waals surface area contributed by atoms with Gasteiger partial charge in [0.15, 0.2) is 11.4 Å². The Morgan fingerprint density at radius 3 is 2.42 bits per heavy atom. The number of rotatable bonds is 19. The fourth-order valence-electron chi connectivity index (χ4n) is 4.36. The first-order valence-corrected chi connectivity index (χ1v) is 13.2. The van der Waals surface area contributed by atoms with Crippen LogP contribution in [0.2, 0.25) is 0 Å². The molecule has 14 nitrogen and oxygen atoms in total. The zero-order valence-corrected chi connectivity index (χ0v) is 23.3. The molecule has 1 amide bonds. The van der Waals surface area contributed by atoms with Crippen molar-refractivity contribution in [3.63, 3.8) is 0 Å². The first-order valence-electron chi connectivity index (χ1n) is 13.2. The average Bonchev–Trinajstić information content (AvgIpc) is 3.44. The Hall–Kier alpha value is -3.52. The van der Waals surface area contributed by atoms with Gasteiger partial charge >= 0.3 is 5.97 Å². The Balaban J connectivity index is 2.09. The van der Waals surface area contributed by atoms with E-state index in [0.29, 0.717) is 11.7 Å². The van der Waals surface area contributed by atoms with E-state index >= 15 is 0 Å². The normalized spacial score (nSPS) is 14.3. The van der Waals surface area contributed by atoms with Gasteiger partial charge in [-0.05, 0) is 51.2 Å². The summed E-state index contributed by atoms with van der Waals surface area (Å²) in [6.45, 7) is 4.07. The summed E-state index contributed by atoms with van der Waals surface area (Å²) >= 11 is 0. The Bertz CT molecular complexity index is 948. The lowest BCUT2D eigenvalue weighted by Gasteiger charge is -2.38. The molecule has 0 aromatic heterocycles. The van der Waals surface area contributed by atoms with Crippen LogP contribution in [0.5, 0.6) is 5.75 Å². The first kappa shape index (κ1) is 32.7. The van der Waals surface area contributed by atoms with E-state index in [0.717, 1.165) is 31.2 Å². The number of carbonyl (C=O) groups is 2. The highest BCUT2D eigenvalue weighted by molar-refractivity contribution is 5.78. The summed E-state index contributed by atoms with van der Waals surface area (Å²) < 4.78 is 22.2. The lowest BCUT2D eigenvalue weighted by molar-refractivity contribution is -0.758. The zero-order chi connectivity index (χ0) is 29.4. The van der Waals surface area contributed by atoms with Gasteiger partial charge < -0.3 is 33.5 Å². The van der Waals surface area contributed by atoms with E-state index < -0.39 is 35.2 Å². The number of para-hydroxylation sites is 1. The summed E-state index contributed by atoms with van der Waals surface area (Å²) in [5.41, 5.74) is 0.422. The average molecular weight is 570 g/mol. The summed E-state index contributed by atoms with van der Waals surface area (Å²) in [7, 11) is 0. The molecule has 40 heavy (non-hydrogen) atoms. The van der Waals surface area contributed by atoms with Gasteiger partial charge in [-0.25, -0.2) is 4.79 Å². The molecule has 2 rings (SSSR count). The smallest absolute Gasteiger partial charge is 0.332 e. The summed E-state index contributed by atoms with van der Waals surface area (Å²) in [4.78, 5) is 55.9. The Morgan fingerprint density at radius 1 is 1.07 bits per heavy atom. The van der Waals surface area contributed by atoms with Crippen LogP contribution in [-0.2, 0) is 33.5 Å². The van der Waals surface area contributed by atoms with Crippen molar-refractivity contribution in [3.05, 3.63) is 44.9 Å². The highest BCUT2D eigenvalue weighted by atomic mass is 17.0. The highest BCUT2D eigenvalue weighted by Gasteiger charge is 2.31. The summed E-state index contributed by atoms with van der Waals surface area (Å²) in [5.74, 6) is 0.00716. The Kier molecular flexibility index (Phi) is 14.1. The SMILES string of the molecule is CC(C)(C)N(CC(COc1ccccc1C1CCCC1)OC(=O)COCCON=O)C(=O)COCCO[N+](=O)[O-]. The summed E-state index contributed by atoms with van der Waals surface area (Å²) in [6.07, 6.45) is 3.63. The molecule has 0 spiro atoms. The number of ether oxygens (including phenoxy) is 4. The van der Waals surface area contributed by atoms with Crippen molar-refractivity contribution in [2.24, 2.45) is 5.34 Å². The number of nitrogens with zero attached hydrogens (tertiary/aromatic N) is 3. The zero-order valence-electron chi connectivity index (χ0n) is 23.3. The third kappa shape index (κ3) is 12.1. The largest absolute Gasteiger partial charge is 0.489 e. The van der Waals surface area contributed by atoms with E-state index in [1.54, 1.807) is 0 Å². The second-order valence-corrected chi connectivity index (χ2v) is 10.2. The van der Waals surface area contributed by atoms with Crippen molar-refractivity contribution >= 4 is 11.9 Å². The van der Waals surface area contributed by atoms with Crippen molar-refractivity contribution < 1.29 is 43.3 Å². The number of amides is 1. The van der Waals surface area contributed by atoms with E-state index in [2.05, 4.69) is 15.0 Å². The standard InChI is InChI=1S/C26H39N3O11/c1-26(2,3)28(24(30)18-35-13-15-39-29(33)34)16-21(40-25(31)19-36-12-14-38-27-32)17-37-23-11-7-6-10-22(23)20-8-4-5-9-20/h6-7,10-11,20-21H,4-5,8-9,12-19H2,1-3H3. The van der Waals surface area contributed by atoms with Gasteiger partial charge in [0.25, 0.3) is 5.09 Å². The van der Waals surface area contributed by atoms with E-state index in [-0.39, 0.29) is 46.2 Å². The lowest BCUT2D eigenvalue weighted by Crippen LogP contribution is -2.52. The third-order valence-corrected chi connectivity index (χ3v) is 6.18.